The minimum absolute atomic E-state index is 0.0297. The maximum atomic E-state index is 13.4. The lowest BCUT2D eigenvalue weighted by Gasteiger charge is -2.37. The average molecular weight is 389 g/mol. The minimum Gasteiger partial charge on any atom is -0.389 e. The third-order valence-corrected chi connectivity index (χ3v) is 5.88. The molecular formula is C21H22ClFN2O2. The largest absolute Gasteiger partial charge is 0.389 e. The second-order valence-corrected chi connectivity index (χ2v) is 7.83. The molecule has 4 rings (SSSR count). The van der Waals surface area contributed by atoms with Gasteiger partial charge in [-0.25, -0.2) is 4.39 Å². The third-order valence-electron chi connectivity index (χ3n) is 5.51. The number of halogens is 2. The standard InChI is InChI=1S/C21H22ClFN2O2/c22-19-4-2-1-3-15(19)10-24-11-16(21(27)25-12-18(26)13-25)9-20(24)14-5-7-17(23)8-6-14/h1-8,16,18,20,26H,9-13H2/t16-,20-/m1/s1. The van der Waals surface area contributed by atoms with Crippen molar-refractivity contribution in [3.8, 4) is 0 Å². The summed E-state index contributed by atoms with van der Waals surface area (Å²) in [6.07, 6.45) is 0.282. The van der Waals surface area contributed by atoms with Crippen molar-refractivity contribution < 1.29 is 14.3 Å². The molecule has 2 fully saturated rings. The first-order valence-electron chi connectivity index (χ1n) is 9.21. The van der Waals surface area contributed by atoms with Crippen molar-refractivity contribution in [3.05, 3.63) is 70.5 Å². The van der Waals surface area contributed by atoms with E-state index in [0.29, 0.717) is 37.6 Å². The molecule has 2 aromatic rings. The fraction of sp³-hybridized carbons (Fsp3) is 0.381. The van der Waals surface area contributed by atoms with Crippen LogP contribution in [0.1, 0.15) is 23.6 Å². The zero-order chi connectivity index (χ0) is 19.0. The normalized spacial score (nSPS) is 23.4. The lowest BCUT2D eigenvalue weighted by Crippen LogP contribution is -2.55. The van der Waals surface area contributed by atoms with Gasteiger partial charge in [-0.3, -0.25) is 9.69 Å². The summed E-state index contributed by atoms with van der Waals surface area (Å²) in [4.78, 5) is 16.7. The number of nitrogens with zero attached hydrogens (tertiary/aromatic N) is 2. The van der Waals surface area contributed by atoms with Gasteiger partial charge in [0.25, 0.3) is 0 Å². The van der Waals surface area contributed by atoms with E-state index in [9.17, 15) is 14.3 Å². The molecular weight excluding hydrogens is 367 g/mol. The van der Waals surface area contributed by atoms with Crippen LogP contribution in [0, 0.1) is 11.7 Å². The summed E-state index contributed by atoms with van der Waals surface area (Å²) in [7, 11) is 0. The number of likely N-dealkylation sites (tertiary alicyclic amines) is 2. The molecule has 142 valence electrons. The van der Waals surface area contributed by atoms with Crippen LogP contribution in [-0.2, 0) is 11.3 Å². The highest BCUT2D eigenvalue weighted by molar-refractivity contribution is 6.31. The Bertz CT molecular complexity index is 823. The average Bonchev–Trinajstić information content (AvgIpc) is 3.05. The number of hydrogen-bond acceptors (Lipinski definition) is 3. The number of carbonyl (C=O) groups is 1. The molecule has 1 N–H and O–H groups in total. The van der Waals surface area contributed by atoms with Crippen molar-refractivity contribution in [2.75, 3.05) is 19.6 Å². The summed E-state index contributed by atoms with van der Waals surface area (Å²) in [5, 5.41) is 10.2. The first-order valence-corrected chi connectivity index (χ1v) is 9.59. The van der Waals surface area contributed by atoms with E-state index >= 15 is 0 Å². The van der Waals surface area contributed by atoms with E-state index in [2.05, 4.69) is 4.90 Å². The number of amides is 1. The van der Waals surface area contributed by atoms with Crippen molar-refractivity contribution in [3.63, 3.8) is 0 Å². The molecule has 27 heavy (non-hydrogen) atoms. The van der Waals surface area contributed by atoms with Crippen molar-refractivity contribution in [1.29, 1.82) is 0 Å². The molecule has 0 unspecified atom stereocenters. The maximum Gasteiger partial charge on any atom is 0.227 e. The van der Waals surface area contributed by atoms with Gasteiger partial charge >= 0.3 is 0 Å². The third kappa shape index (κ3) is 3.86. The van der Waals surface area contributed by atoms with E-state index in [4.69, 9.17) is 11.6 Å². The maximum absolute atomic E-state index is 13.4. The summed E-state index contributed by atoms with van der Waals surface area (Å²) >= 11 is 6.33. The second-order valence-electron chi connectivity index (χ2n) is 7.42. The Morgan fingerprint density at radius 1 is 1.11 bits per heavy atom. The van der Waals surface area contributed by atoms with Crippen LogP contribution in [0.5, 0.6) is 0 Å². The van der Waals surface area contributed by atoms with Gasteiger partial charge in [0.05, 0.1) is 12.0 Å². The van der Waals surface area contributed by atoms with Gasteiger partial charge in [0, 0.05) is 37.2 Å². The summed E-state index contributed by atoms with van der Waals surface area (Å²) in [5.41, 5.74) is 2.01. The van der Waals surface area contributed by atoms with Gasteiger partial charge in [0.1, 0.15) is 5.82 Å². The number of rotatable bonds is 4. The number of aliphatic hydroxyl groups is 1. The van der Waals surface area contributed by atoms with E-state index in [0.717, 1.165) is 11.1 Å². The Kier molecular flexibility index (Phi) is 5.17. The first-order chi connectivity index (χ1) is 13.0. The molecule has 0 bridgehead atoms. The molecule has 2 aliphatic heterocycles. The molecule has 0 aromatic heterocycles. The monoisotopic (exact) mass is 388 g/mol. The SMILES string of the molecule is O=C([C@@H]1C[C@H](c2ccc(F)cc2)N(Cc2ccccc2Cl)C1)N1CC(O)C1. The van der Waals surface area contributed by atoms with Gasteiger partial charge in [-0.15, -0.1) is 0 Å². The molecule has 2 atom stereocenters. The van der Waals surface area contributed by atoms with Crippen LogP contribution in [-0.4, -0.2) is 46.6 Å². The molecule has 2 aliphatic rings. The lowest BCUT2D eigenvalue weighted by atomic mass is 9.97. The summed E-state index contributed by atoms with van der Waals surface area (Å²) in [6.45, 7) is 2.09. The van der Waals surface area contributed by atoms with Crippen LogP contribution in [0.25, 0.3) is 0 Å². The van der Waals surface area contributed by atoms with E-state index < -0.39 is 6.10 Å². The zero-order valence-corrected chi connectivity index (χ0v) is 15.6. The van der Waals surface area contributed by atoms with E-state index in [1.165, 1.54) is 12.1 Å². The van der Waals surface area contributed by atoms with Crippen molar-refractivity contribution in [1.82, 2.24) is 9.80 Å². The molecule has 0 radical (unpaired) electrons. The quantitative estimate of drug-likeness (QED) is 0.874. The highest BCUT2D eigenvalue weighted by atomic mass is 35.5. The smallest absolute Gasteiger partial charge is 0.227 e. The van der Waals surface area contributed by atoms with Gasteiger partial charge in [-0.1, -0.05) is 41.9 Å². The summed E-state index contributed by atoms with van der Waals surface area (Å²) in [5.74, 6) is -0.305. The van der Waals surface area contributed by atoms with E-state index in [-0.39, 0.29) is 23.7 Å². The summed E-state index contributed by atoms with van der Waals surface area (Å²) < 4.78 is 13.4. The van der Waals surface area contributed by atoms with Gasteiger partial charge in [0.15, 0.2) is 0 Å². The Morgan fingerprint density at radius 3 is 2.48 bits per heavy atom. The van der Waals surface area contributed by atoms with Crippen molar-refractivity contribution in [2.45, 2.75) is 25.1 Å². The molecule has 2 aromatic carbocycles. The van der Waals surface area contributed by atoms with Crippen LogP contribution in [0.2, 0.25) is 5.02 Å². The Balaban J connectivity index is 1.56. The van der Waals surface area contributed by atoms with Crippen molar-refractivity contribution >= 4 is 17.5 Å². The fourth-order valence-electron chi connectivity index (χ4n) is 4.03. The number of carbonyl (C=O) groups excluding carboxylic acids is 1. The lowest BCUT2D eigenvalue weighted by molar-refractivity contribution is -0.145. The van der Waals surface area contributed by atoms with Gasteiger partial charge < -0.3 is 10.0 Å². The number of benzene rings is 2. The van der Waals surface area contributed by atoms with Crippen LogP contribution in [0.15, 0.2) is 48.5 Å². The molecule has 0 saturated carbocycles. The van der Waals surface area contributed by atoms with Crippen LogP contribution in [0.3, 0.4) is 0 Å². The molecule has 4 nitrogen and oxygen atoms in total. The molecule has 0 aliphatic carbocycles. The molecule has 1 amide bonds. The Labute approximate surface area is 163 Å². The molecule has 6 heteroatoms. The highest BCUT2D eigenvalue weighted by Gasteiger charge is 2.41. The second kappa shape index (κ2) is 7.58. The fourth-order valence-corrected chi connectivity index (χ4v) is 4.22. The molecule has 0 spiro atoms. The van der Waals surface area contributed by atoms with Gasteiger partial charge in [-0.2, -0.15) is 0 Å². The minimum atomic E-state index is -0.400. The summed E-state index contributed by atoms with van der Waals surface area (Å²) in [6, 6.07) is 14.2. The predicted molar refractivity (Wildman–Crippen MR) is 102 cm³/mol. The first kappa shape index (κ1) is 18.4. The van der Waals surface area contributed by atoms with Gasteiger partial charge in [-0.05, 0) is 35.7 Å². The van der Waals surface area contributed by atoms with Crippen molar-refractivity contribution in [2.24, 2.45) is 5.92 Å². The van der Waals surface area contributed by atoms with Crippen LogP contribution < -0.4 is 0 Å². The van der Waals surface area contributed by atoms with Crippen LogP contribution in [0.4, 0.5) is 4.39 Å². The Morgan fingerprint density at radius 2 is 1.81 bits per heavy atom. The topological polar surface area (TPSA) is 43.8 Å². The van der Waals surface area contributed by atoms with Crippen LogP contribution >= 0.6 is 11.6 Å². The van der Waals surface area contributed by atoms with E-state index in [1.54, 1.807) is 17.0 Å². The number of aliphatic hydroxyl groups excluding tert-OH is 1. The highest BCUT2D eigenvalue weighted by Crippen LogP contribution is 2.38. The molecule has 2 saturated heterocycles. The Hall–Kier alpha value is -1.95. The number of hydrogen-bond donors (Lipinski definition) is 1. The molecule has 2 heterocycles. The van der Waals surface area contributed by atoms with Gasteiger partial charge in [0.2, 0.25) is 5.91 Å². The zero-order valence-electron chi connectivity index (χ0n) is 14.9. The predicted octanol–water partition coefficient (Wildman–Crippen LogP) is 3.25. The van der Waals surface area contributed by atoms with E-state index in [1.807, 2.05) is 24.3 Å². The number of β-amino-alcohol motifs (C(OH)–C–C–N with tert-alkyl or cyclic N) is 1.